The normalized spacial score (nSPS) is 30.6. The minimum Gasteiger partial charge on any atom is -0.348 e. The Morgan fingerprint density at radius 3 is 1.43 bits per heavy atom. The fourth-order valence-electron chi connectivity index (χ4n) is 5.47. The molecule has 6 heteroatoms. The Morgan fingerprint density at radius 1 is 0.536 bits per heavy atom. The maximum Gasteiger partial charge on any atom is 0.169 e. The third-order valence-electron chi connectivity index (χ3n) is 7.24. The van der Waals surface area contributed by atoms with Gasteiger partial charge in [0.2, 0.25) is 0 Å². The van der Waals surface area contributed by atoms with Gasteiger partial charge in [0.05, 0.1) is 26.4 Å². The summed E-state index contributed by atoms with van der Waals surface area (Å²) in [5.41, 5.74) is 0. The fraction of sp³-hybridized carbons (Fsp3) is 0.909. The molecule has 5 aliphatic rings. The van der Waals surface area contributed by atoms with Crippen LogP contribution in [0.2, 0.25) is 0 Å². The number of carbonyl (C=O) groups excluding carboxylic acids is 2. The van der Waals surface area contributed by atoms with E-state index in [4.69, 9.17) is 18.9 Å². The molecule has 0 aromatic carbocycles. The van der Waals surface area contributed by atoms with Crippen molar-refractivity contribution in [2.75, 3.05) is 26.4 Å². The number of ketones is 2. The van der Waals surface area contributed by atoms with Crippen LogP contribution in [0.5, 0.6) is 0 Å². The van der Waals surface area contributed by atoms with Gasteiger partial charge in [-0.05, 0) is 37.5 Å². The monoisotopic (exact) mass is 394 g/mol. The molecule has 0 amide bonds. The summed E-state index contributed by atoms with van der Waals surface area (Å²) in [7, 11) is 0. The summed E-state index contributed by atoms with van der Waals surface area (Å²) in [5, 5.41) is 0. The molecule has 0 aromatic rings. The zero-order valence-corrected chi connectivity index (χ0v) is 16.9. The maximum absolute atomic E-state index is 11.3. The fourth-order valence-corrected chi connectivity index (χ4v) is 5.47. The Balaban J connectivity index is 0.000000151. The molecule has 0 aromatic heterocycles. The highest BCUT2D eigenvalue weighted by atomic mass is 16.7. The van der Waals surface area contributed by atoms with E-state index >= 15 is 0 Å². The highest BCUT2D eigenvalue weighted by molar-refractivity contribution is 5.79. The second kappa shape index (κ2) is 8.90. The van der Waals surface area contributed by atoms with E-state index in [0.717, 1.165) is 76.4 Å². The van der Waals surface area contributed by atoms with Crippen LogP contribution >= 0.6 is 0 Å². The van der Waals surface area contributed by atoms with E-state index in [1.54, 1.807) is 0 Å². The van der Waals surface area contributed by atoms with Crippen molar-refractivity contribution < 1.29 is 28.5 Å². The maximum atomic E-state index is 11.3. The predicted molar refractivity (Wildman–Crippen MR) is 102 cm³/mol. The smallest absolute Gasteiger partial charge is 0.169 e. The summed E-state index contributed by atoms with van der Waals surface area (Å²) in [5.74, 6) is 1.81. The van der Waals surface area contributed by atoms with E-state index in [-0.39, 0.29) is 11.6 Å². The molecule has 5 rings (SSSR count). The van der Waals surface area contributed by atoms with Crippen LogP contribution in [0.4, 0.5) is 0 Å². The lowest BCUT2D eigenvalue weighted by atomic mass is 9.72. The Kier molecular flexibility index (Phi) is 6.50. The van der Waals surface area contributed by atoms with Gasteiger partial charge in [0.15, 0.2) is 11.6 Å². The topological polar surface area (TPSA) is 71.1 Å². The molecule has 158 valence electrons. The Hall–Kier alpha value is -0.820. The number of carbonyl (C=O) groups is 2. The van der Waals surface area contributed by atoms with E-state index in [9.17, 15) is 9.59 Å². The van der Waals surface area contributed by atoms with Crippen LogP contribution in [0.3, 0.4) is 0 Å². The lowest BCUT2D eigenvalue weighted by molar-refractivity contribution is -0.185. The number of hydrogen-bond acceptors (Lipinski definition) is 6. The van der Waals surface area contributed by atoms with Crippen LogP contribution in [-0.4, -0.2) is 49.6 Å². The quantitative estimate of drug-likeness (QED) is 0.677. The van der Waals surface area contributed by atoms with E-state index in [1.807, 2.05) is 0 Å². The zero-order valence-electron chi connectivity index (χ0n) is 16.9. The zero-order chi connectivity index (χ0) is 19.5. The van der Waals surface area contributed by atoms with Crippen molar-refractivity contribution in [1.29, 1.82) is 0 Å². The molecule has 0 radical (unpaired) electrons. The molecule has 3 aliphatic carbocycles. The first-order chi connectivity index (χ1) is 13.6. The van der Waals surface area contributed by atoms with Crippen molar-refractivity contribution in [2.24, 2.45) is 11.8 Å². The summed E-state index contributed by atoms with van der Waals surface area (Å²) in [6.45, 7) is 2.91. The van der Waals surface area contributed by atoms with Gasteiger partial charge >= 0.3 is 0 Å². The van der Waals surface area contributed by atoms with E-state index < -0.39 is 0 Å². The van der Waals surface area contributed by atoms with E-state index in [0.29, 0.717) is 37.6 Å². The predicted octanol–water partition coefficient (Wildman–Crippen LogP) is 3.55. The Morgan fingerprint density at radius 2 is 0.929 bits per heavy atom. The average molecular weight is 395 g/mol. The lowest BCUT2D eigenvalue weighted by Gasteiger charge is -2.39. The summed E-state index contributed by atoms with van der Waals surface area (Å²) >= 11 is 0. The summed E-state index contributed by atoms with van der Waals surface area (Å²) in [6.07, 6.45) is 11.2. The van der Waals surface area contributed by atoms with Crippen molar-refractivity contribution >= 4 is 11.6 Å². The molecule has 28 heavy (non-hydrogen) atoms. The number of hydrogen-bond donors (Lipinski definition) is 0. The Labute approximate surface area is 167 Å². The van der Waals surface area contributed by atoms with Gasteiger partial charge in [-0.25, -0.2) is 0 Å². The molecule has 0 atom stereocenters. The largest absolute Gasteiger partial charge is 0.348 e. The van der Waals surface area contributed by atoms with Gasteiger partial charge in [-0.1, -0.05) is 0 Å². The first-order valence-electron chi connectivity index (χ1n) is 11.2. The van der Waals surface area contributed by atoms with Crippen LogP contribution in [-0.2, 0) is 28.5 Å². The lowest BCUT2D eigenvalue weighted by Crippen LogP contribution is -2.37. The van der Waals surface area contributed by atoms with Crippen molar-refractivity contribution in [1.82, 2.24) is 0 Å². The van der Waals surface area contributed by atoms with Gasteiger partial charge in [-0.3, -0.25) is 9.59 Å². The van der Waals surface area contributed by atoms with Crippen LogP contribution < -0.4 is 0 Å². The molecule has 0 N–H and O–H groups in total. The minimum absolute atomic E-state index is 0.221. The standard InChI is InChI=1S/C14H22O3.C8H12O3/c15-13-3-1-11(2-4-13)12-5-7-14(8-6-12)16-9-10-17-14;9-7-1-3-8(4-2-7)10-5-6-11-8/h11-12H,1-10H2;1-6H2. The van der Waals surface area contributed by atoms with Crippen LogP contribution in [0.15, 0.2) is 0 Å². The third-order valence-corrected chi connectivity index (χ3v) is 7.24. The average Bonchev–Trinajstić information content (AvgIpc) is 3.37. The summed E-state index contributed by atoms with van der Waals surface area (Å²) in [6, 6.07) is 0. The summed E-state index contributed by atoms with van der Waals surface area (Å²) in [4.78, 5) is 22.1. The van der Waals surface area contributed by atoms with E-state index in [1.165, 1.54) is 12.8 Å². The molecule has 6 nitrogen and oxygen atoms in total. The van der Waals surface area contributed by atoms with Crippen molar-refractivity contribution in [2.45, 2.75) is 88.6 Å². The van der Waals surface area contributed by atoms with Crippen molar-refractivity contribution in [3.8, 4) is 0 Å². The SMILES string of the molecule is O=C1CCC(C2CCC3(CC2)OCCO3)CC1.O=C1CCC2(CC1)OCCO2. The van der Waals surface area contributed by atoms with Gasteiger partial charge in [-0.2, -0.15) is 0 Å². The molecule has 2 aliphatic heterocycles. The molecular formula is C22H34O6. The number of rotatable bonds is 1. The first-order valence-corrected chi connectivity index (χ1v) is 11.2. The van der Waals surface area contributed by atoms with Gasteiger partial charge in [-0.15, -0.1) is 0 Å². The molecule has 2 heterocycles. The summed E-state index contributed by atoms with van der Waals surface area (Å²) < 4.78 is 22.4. The molecule has 2 saturated heterocycles. The number of ether oxygens (including phenoxy) is 4. The van der Waals surface area contributed by atoms with Crippen LogP contribution in [0.1, 0.15) is 77.0 Å². The highest BCUT2D eigenvalue weighted by Crippen LogP contribution is 2.43. The molecule has 5 fully saturated rings. The van der Waals surface area contributed by atoms with Gasteiger partial charge in [0.1, 0.15) is 11.6 Å². The second-order valence-electron chi connectivity index (χ2n) is 8.97. The Bertz CT molecular complexity index is 529. The van der Waals surface area contributed by atoms with Crippen LogP contribution in [0, 0.1) is 11.8 Å². The van der Waals surface area contributed by atoms with Gasteiger partial charge < -0.3 is 18.9 Å². The molecule has 2 spiro atoms. The molecule has 3 saturated carbocycles. The van der Waals surface area contributed by atoms with Crippen molar-refractivity contribution in [3.05, 3.63) is 0 Å². The highest BCUT2D eigenvalue weighted by Gasteiger charge is 2.42. The molecule has 0 unspecified atom stereocenters. The molecular weight excluding hydrogens is 360 g/mol. The van der Waals surface area contributed by atoms with Gasteiger partial charge in [0.25, 0.3) is 0 Å². The van der Waals surface area contributed by atoms with Crippen LogP contribution in [0.25, 0.3) is 0 Å². The second-order valence-corrected chi connectivity index (χ2v) is 8.97. The minimum atomic E-state index is -0.367. The van der Waals surface area contributed by atoms with Crippen molar-refractivity contribution in [3.63, 3.8) is 0 Å². The van der Waals surface area contributed by atoms with E-state index in [2.05, 4.69) is 0 Å². The third kappa shape index (κ3) is 4.84. The van der Waals surface area contributed by atoms with Gasteiger partial charge in [0, 0.05) is 51.4 Å². The molecule has 0 bridgehead atoms. The first kappa shape index (κ1) is 20.5. The number of Topliss-reactive ketones (excluding diaryl/α,β-unsaturated/α-hetero) is 2.